The predicted octanol–water partition coefficient (Wildman–Crippen LogP) is 2.70. The molecule has 0 radical (unpaired) electrons. The van der Waals surface area contributed by atoms with Crippen molar-refractivity contribution in [2.45, 2.75) is 25.8 Å². The highest BCUT2D eigenvalue weighted by Crippen LogP contribution is 2.35. The smallest absolute Gasteiger partial charge is 0.0384 e. The number of rotatable bonds is 2. The van der Waals surface area contributed by atoms with E-state index in [0.29, 0.717) is 5.92 Å². The standard InChI is InChI=1S/C14H19N2O/c1-11-8-9-14(2,16(17)15-3)10-12-6-4-5-7-13(11)12/h4-9,12,15H,10H2,1-3H3/q-1. The zero-order valence-corrected chi connectivity index (χ0v) is 10.6. The fourth-order valence-corrected chi connectivity index (χ4v) is 2.51. The Kier molecular flexibility index (Phi) is 3.33. The maximum Gasteiger partial charge on any atom is 0.0384 e. The van der Waals surface area contributed by atoms with E-state index in [0.717, 1.165) is 11.6 Å². The molecular formula is C14H19N2O-. The molecule has 0 saturated carbocycles. The van der Waals surface area contributed by atoms with Crippen LogP contribution in [0.4, 0.5) is 0 Å². The molecule has 0 aromatic heterocycles. The average molecular weight is 231 g/mol. The normalized spacial score (nSPS) is 31.9. The summed E-state index contributed by atoms with van der Waals surface area (Å²) < 4.78 is 0. The lowest BCUT2D eigenvalue weighted by atomic mass is 9.83. The van der Waals surface area contributed by atoms with Crippen molar-refractivity contribution in [1.82, 2.24) is 10.6 Å². The van der Waals surface area contributed by atoms with Gasteiger partial charge in [-0.3, -0.25) is 5.43 Å². The molecule has 3 nitrogen and oxygen atoms in total. The van der Waals surface area contributed by atoms with Crippen LogP contribution in [0.3, 0.4) is 0 Å². The summed E-state index contributed by atoms with van der Waals surface area (Å²) in [6.07, 6.45) is 13.3. The van der Waals surface area contributed by atoms with Crippen LogP contribution >= 0.6 is 0 Å². The van der Waals surface area contributed by atoms with Gasteiger partial charge in [0.05, 0.1) is 0 Å². The third-order valence-electron chi connectivity index (χ3n) is 3.58. The zero-order chi connectivity index (χ0) is 12.5. The quantitative estimate of drug-likeness (QED) is 0.743. The Bertz CT molecular complexity index is 420. The third-order valence-corrected chi connectivity index (χ3v) is 3.58. The number of nitrogens with zero attached hydrogens (tertiary/aromatic N) is 1. The van der Waals surface area contributed by atoms with Gasteiger partial charge in [-0.05, 0) is 38.5 Å². The largest absolute Gasteiger partial charge is 0.771 e. The van der Waals surface area contributed by atoms with Crippen LogP contribution in [0, 0.1) is 11.1 Å². The number of hydrogen-bond donors (Lipinski definition) is 1. The summed E-state index contributed by atoms with van der Waals surface area (Å²) >= 11 is 0. The van der Waals surface area contributed by atoms with Crippen LogP contribution in [-0.4, -0.2) is 17.8 Å². The van der Waals surface area contributed by atoms with Gasteiger partial charge in [-0.1, -0.05) is 36.5 Å². The molecule has 0 heterocycles. The molecule has 2 rings (SSSR count). The summed E-state index contributed by atoms with van der Waals surface area (Å²) in [5, 5.41) is 12.9. The average Bonchev–Trinajstić information content (AvgIpc) is 2.47. The molecule has 3 heteroatoms. The zero-order valence-electron chi connectivity index (χ0n) is 10.6. The van der Waals surface area contributed by atoms with E-state index in [9.17, 15) is 5.21 Å². The number of hydroxylamine groups is 1. The van der Waals surface area contributed by atoms with E-state index in [1.165, 1.54) is 11.1 Å². The van der Waals surface area contributed by atoms with Crippen LogP contribution < -0.4 is 5.43 Å². The van der Waals surface area contributed by atoms with Crippen molar-refractivity contribution < 1.29 is 0 Å². The van der Waals surface area contributed by atoms with Gasteiger partial charge in [-0.25, -0.2) is 0 Å². The van der Waals surface area contributed by atoms with Crippen LogP contribution in [0.15, 0.2) is 47.6 Å². The number of allylic oxidation sites excluding steroid dienone is 7. The molecule has 0 amide bonds. The van der Waals surface area contributed by atoms with Crippen LogP contribution in [0.25, 0.3) is 0 Å². The maximum atomic E-state index is 11.9. The Hall–Kier alpha value is -1.16. The van der Waals surface area contributed by atoms with E-state index < -0.39 is 5.54 Å². The highest BCUT2D eigenvalue weighted by molar-refractivity contribution is 5.43. The van der Waals surface area contributed by atoms with Crippen LogP contribution in [0.1, 0.15) is 20.3 Å². The van der Waals surface area contributed by atoms with Crippen molar-refractivity contribution in [2.75, 3.05) is 7.05 Å². The van der Waals surface area contributed by atoms with Crippen molar-refractivity contribution in [3.05, 3.63) is 52.8 Å². The van der Waals surface area contributed by atoms with E-state index in [-0.39, 0.29) is 0 Å². The summed E-state index contributed by atoms with van der Waals surface area (Å²) in [4.78, 5) is 0. The van der Waals surface area contributed by atoms with E-state index in [2.05, 4.69) is 42.7 Å². The first kappa shape index (κ1) is 12.3. The van der Waals surface area contributed by atoms with Gasteiger partial charge >= 0.3 is 0 Å². The Labute approximate surface area is 103 Å². The van der Waals surface area contributed by atoms with Gasteiger partial charge in [-0.15, -0.1) is 0 Å². The molecule has 0 spiro atoms. The minimum Gasteiger partial charge on any atom is -0.771 e. The van der Waals surface area contributed by atoms with Gasteiger partial charge in [0.1, 0.15) is 0 Å². The topological polar surface area (TPSA) is 38.3 Å². The molecule has 2 aliphatic rings. The Morgan fingerprint density at radius 1 is 1.41 bits per heavy atom. The first-order valence-electron chi connectivity index (χ1n) is 5.96. The van der Waals surface area contributed by atoms with E-state index in [1.807, 2.05) is 13.0 Å². The van der Waals surface area contributed by atoms with Gasteiger partial charge in [0.2, 0.25) is 0 Å². The Morgan fingerprint density at radius 3 is 2.88 bits per heavy atom. The fourth-order valence-electron chi connectivity index (χ4n) is 2.51. The Morgan fingerprint density at radius 2 is 2.18 bits per heavy atom. The van der Waals surface area contributed by atoms with Crippen molar-refractivity contribution in [2.24, 2.45) is 5.92 Å². The molecule has 0 aromatic rings. The van der Waals surface area contributed by atoms with Crippen LogP contribution in [-0.2, 0) is 0 Å². The van der Waals surface area contributed by atoms with Gasteiger partial charge in [0, 0.05) is 11.5 Å². The van der Waals surface area contributed by atoms with E-state index in [4.69, 9.17) is 0 Å². The van der Waals surface area contributed by atoms with Crippen molar-refractivity contribution in [1.29, 1.82) is 0 Å². The van der Waals surface area contributed by atoms with Gasteiger partial charge < -0.3 is 10.4 Å². The van der Waals surface area contributed by atoms with Gasteiger partial charge in [-0.2, -0.15) is 0 Å². The summed E-state index contributed by atoms with van der Waals surface area (Å²) in [6, 6.07) is 0. The van der Waals surface area contributed by atoms with Crippen LogP contribution in [0.2, 0.25) is 0 Å². The first-order chi connectivity index (χ1) is 8.07. The van der Waals surface area contributed by atoms with Crippen molar-refractivity contribution in [3.63, 3.8) is 0 Å². The molecular weight excluding hydrogens is 212 g/mol. The highest BCUT2D eigenvalue weighted by Gasteiger charge is 2.30. The molecule has 2 atom stereocenters. The second-order valence-corrected chi connectivity index (χ2v) is 4.90. The lowest BCUT2D eigenvalue weighted by Crippen LogP contribution is -2.48. The predicted molar refractivity (Wildman–Crippen MR) is 70.9 cm³/mol. The number of hydrazine groups is 1. The molecule has 0 saturated heterocycles. The third kappa shape index (κ3) is 2.27. The lowest BCUT2D eigenvalue weighted by molar-refractivity contribution is 0.144. The molecule has 0 bridgehead atoms. The number of hydrogen-bond acceptors (Lipinski definition) is 3. The second-order valence-electron chi connectivity index (χ2n) is 4.90. The Balaban J connectivity index is 2.34. The second kappa shape index (κ2) is 4.61. The molecule has 17 heavy (non-hydrogen) atoms. The minimum atomic E-state index is -0.502. The maximum absolute atomic E-state index is 11.9. The molecule has 2 unspecified atom stereocenters. The summed E-state index contributed by atoms with van der Waals surface area (Å²) in [5.74, 6) is 0.324. The van der Waals surface area contributed by atoms with Crippen molar-refractivity contribution in [3.8, 4) is 0 Å². The number of fused-ring (bicyclic) bond motifs is 1. The highest BCUT2D eigenvalue weighted by atomic mass is 16.5. The molecule has 0 fully saturated rings. The fraction of sp³-hybridized carbons (Fsp3) is 0.429. The molecule has 0 aromatic carbocycles. The summed E-state index contributed by atoms with van der Waals surface area (Å²) in [5.41, 5.74) is 4.73. The van der Waals surface area contributed by atoms with Gasteiger partial charge in [0.25, 0.3) is 0 Å². The number of nitrogens with one attached hydrogen (secondary N) is 1. The molecule has 2 aliphatic carbocycles. The van der Waals surface area contributed by atoms with E-state index >= 15 is 0 Å². The first-order valence-corrected chi connectivity index (χ1v) is 5.96. The molecule has 92 valence electrons. The van der Waals surface area contributed by atoms with Gasteiger partial charge in [0.15, 0.2) is 0 Å². The SMILES string of the molecule is CNN([O-])C1(C)C=CC(C)=C2C=CC=CC2C1. The van der Waals surface area contributed by atoms with Crippen molar-refractivity contribution >= 4 is 0 Å². The minimum absolute atomic E-state index is 0.324. The summed E-state index contributed by atoms with van der Waals surface area (Å²) in [7, 11) is 1.66. The van der Waals surface area contributed by atoms with Crippen LogP contribution in [0.5, 0.6) is 0 Å². The molecule has 0 aliphatic heterocycles. The monoisotopic (exact) mass is 231 g/mol. The van der Waals surface area contributed by atoms with E-state index in [1.54, 1.807) is 7.05 Å². The lowest BCUT2D eigenvalue weighted by Gasteiger charge is -2.44. The molecule has 1 N–H and O–H groups in total. The summed E-state index contributed by atoms with van der Waals surface area (Å²) in [6.45, 7) is 4.07.